The molecular weight excluding hydrogens is 458 g/mol. The molecule has 7 rings (SSSR count). The van der Waals surface area contributed by atoms with Crippen molar-refractivity contribution in [2.24, 2.45) is 5.41 Å². The molecule has 0 aliphatic carbocycles. The van der Waals surface area contributed by atoms with Crippen LogP contribution in [0, 0.1) is 12.3 Å². The average Bonchev–Trinajstić information content (AvgIpc) is 3.55. The van der Waals surface area contributed by atoms with E-state index in [9.17, 15) is 0 Å². The quantitative estimate of drug-likeness (QED) is 0.400. The summed E-state index contributed by atoms with van der Waals surface area (Å²) < 4.78 is 13.4. The van der Waals surface area contributed by atoms with Gasteiger partial charge in [0.2, 0.25) is 5.95 Å². The van der Waals surface area contributed by atoms with E-state index in [0.717, 1.165) is 55.4 Å². The van der Waals surface area contributed by atoms with E-state index < -0.39 is 0 Å². The van der Waals surface area contributed by atoms with Crippen molar-refractivity contribution in [3.8, 4) is 11.5 Å². The van der Waals surface area contributed by atoms with Crippen molar-refractivity contribution in [1.82, 2.24) is 34.5 Å². The van der Waals surface area contributed by atoms with Gasteiger partial charge in [-0.1, -0.05) is 0 Å². The van der Waals surface area contributed by atoms with Gasteiger partial charge in [0.05, 0.1) is 12.8 Å². The number of aryl methyl sites for hydroxylation is 1. The number of hydrogen-bond donors (Lipinski definition) is 1. The minimum atomic E-state index is 0.259. The van der Waals surface area contributed by atoms with Crippen LogP contribution in [0.3, 0.4) is 0 Å². The average molecular weight is 482 g/mol. The van der Waals surface area contributed by atoms with Crippen LogP contribution >= 0.6 is 0 Å². The minimum Gasteiger partial charge on any atom is -0.457 e. The van der Waals surface area contributed by atoms with Gasteiger partial charge in [0.1, 0.15) is 35.2 Å². The molecular formula is C25H23N9O2. The largest absolute Gasteiger partial charge is 0.457 e. The second-order valence-corrected chi connectivity index (χ2v) is 9.42. The fourth-order valence-electron chi connectivity index (χ4n) is 4.86. The summed E-state index contributed by atoms with van der Waals surface area (Å²) in [6, 6.07) is 9.60. The maximum absolute atomic E-state index is 6.09. The second kappa shape index (κ2) is 8.09. The molecule has 2 fully saturated rings. The summed E-state index contributed by atoms with van der Waals surface area (Å²) in [5.74, 6) is 2.78. The monoisotopic (exact) mass is 481 g/mol. The van der Waals surface area contributed by atoms with Crippen molar-refractivity contribution in [2.45, 2.75) is 13.3 Å². The van der Waals surface area contributed by atoms with Gasteiger partial charge >= 0.3 is 0 Å². The molecule has 0 atom stereocenters. The number of fused-ring (bicyclic) bond motifs is 2. The summed E-state index contributed by atoms with van der Waals surface area (Å²) in [6.07, 6.45) is 7.71. The lowest BCUT2D eigenvalue weighted by Gasteiger charge is -2.47. The maximum Gasteiger partial charge on any atom is 0.226 e. The van der Waals surface area contributed by atoms with Crippen molar-refractivity contribution in [3.63, 3.8) is 0 Å². The zero-order chi connectivity index (χ0) is 24.1. The lowest BCUT2D eigenvalue weighted by molar-refractivity contribution is 0.130. The lowest BCUT2D eigenvalue weighted by atomic mass is 9.79. The number of hydrogen-bond acceptors (Lipinski definition) is 10. The summed E-state index contributed by atoms with van der Waals surface area (Å²) >= 11 is 0. The number of aromatic nitrogens is 7. The molecule has 180 valence electrons. The van der Waals surface area contributed by atoms with Crippen LogP contribution in [0.2, 0.25) is 0 Å². The van der Waals surface area contributed by atoms with Gasteiger partial charge in [-0.05, 0) is 43.2 Å². The summed E-state index contributed by atoms with van der Waals surface area (Å²) in [5, 5.41) is 7.51. The van der Waals surface area contributed by atoms with Gasteiger partial charge in [-0.2, -0.15) is 5.10 Å². The molecule has 6 heterocycles. The SMILES string of the molecule is Cc1cc(Nc2ncnc3cnc(N4CC5(CCOC5)C4)nc23)ccc1Oc1ccn2ncnc2c1. The van der Waals surface area contributed by atoms with Crippen LogP contribution in [0.1, 0.15) is 12.0 Å². The Bertz CT molecular complexity index is 1590. The summed E-state index contributed by atoms with van der Waals surface area (Å²) in [7, 11) is 0. The molecule has 4 aromatic heterocycles. The smallest absolute Gasteiger partial charge is 0.226 e. The molecule has 2 aliphatic rings. The highest BCUT2D eigenvalue weighted by Gasteiger charge is 2.46. The third-order valence-electron chi connectivity index (χ3n) is 6.80. The summed E-state index contributed by atoms with van der Waals surface area (Å²) in [5.41, 5.74) is 4.21. The second-order valence-electron chi connectivity index (χ2n) is 9.42. The molecule has 0 unspecified atom stereocenters. The van der Waals surface area contributed by atoms with Crippen molar-refractivity contribution >= 4 is 34.1 Å². The molecule has 2 aliphatic heterocycles. The number of rotatable bonds is 5. The topological polar surface area (TPSA) is 115 Å². The lowest BCUT2D eigenvalue weighted by Crippen LogP contribution is -2.57. The molecule has 0 bridgehead atoms. The summed E-state index contributed by atoms with van der Waals surface area (Å²) in [4.78, 5) is 24.6. The summed E-state index contributed by atoms with van der Waals surface area (Å²) in [6.45, 7) is 5.50. The molecule has 1 N–H and O–H groups in total. The van der Waals surface area contributed by atoms with E-state index in [1.165, 1.54) is 12.7 Å². The van der Waals surface area contributed by atoms with E-state index in [1.807, 2.05) is 43.5 Å². The predicted molar refractivity (Wildman–Crippen MR) is 133 cm³/mol. The molecule has 0 saturated carbocycles. The minimum absolute atomic E-state index is 0.259. The van der Waals surface area contributed by atoms with Crippen molar-refractivity contribution in [3.05, 3.63) is 60.9 Å². The van der Waals surface area contributed by atoms with Crippen molar-refractivity contribution in [1.29, 1.82) is 0 Å². The van der Waals surface area contributed by atoms with Crippen LogP contribution in [0.5, 0.6) is 11.5 Å². The number of ether oxygens (including phenoxy) is 2. The molecule has 36 heavy (non-hydrogen) atoms. The van der Waals surface area contributed by atoms with Gasteiger partial charge in [-0.15, -0.1) is 0 Å². The van der Waals surface area contributed by atoms with Gasteiger partial charge in [-0.3, -0.25) is 0 Å². The first-order valence-corrected chi connectivity index (χ1v) is 11.8. The Morgan fingerprint density at radius 2 is 2.00 bits per heavy atom. The van der Waals surface area contributed by atoms with Crippen LogP contribution in [-0.2, 0) is 4.74 Å². The van der Waals surface area contributed by atoms with E-state index in [1.54, 1.807) is 10.7 Å². The first-order chi connectivity index (χ1) is 17.6. The van der Waals surface area contributed by atoms with Gasteiger partial charge in [0.15, 0.2) is 11.5 Å². The van der Waals surface area contributed by atoms with Gasteiger partial charge in [-0.25, -0.2) is 29.4 Å². The van der Waals surface area contributed by atoms with Gasteiger partial charge in [0.25, 0.3) is 0 Å². The Morgan fingerprint density at radius 3 is 2.86 bits per heavy atom. The number of nitrogens with zero attached hydrogens (tertiary/aromatic N) is 8. The highest BCUT2D eigenvalue weighted by Crippen LogP contribution is 2.40. The molecule has 2 saturated heterocycles. The molecule has 0 radical (unpaired) electrons. The third-order valence-corrected chi connectivity index (χ3v) is 6.80. The normalized spacial score (nSPS) is 16.5. The van der Waals surface area contributed by atoms with Crippen LogP contribution in [0.25, 0.3) is 16.7 Å². The predicted octanol–water partition coefficient (Wildman–Crippen LogP) is 3.53. The standard InChI is InChI=1S/C25H23N9O2/c1-16-8-17(2-3-20(16)36-18-4-6-34-21(9-18)28-15-30-34)31-23-22-19(27-14-29-23)10-26-24(32-22)33-11-25(12-33)5-7-35-13-25/h2-4,6,8-10,14-15H,5,7,11-13H2,1H3,(H,27,29,31). The zero-order valence-electron chi connectivity index (χ0n) is 19.6. The molecule has 11 heteroatoms. The highest BCUT2D eigenvalue weighted by molar-refractivity contribution is 5.87. The van der Waals surface area contributed by atoms with E-state index in [2.05, 4.69) is 35.3 Å². The number of anilines is 3. The zero-order valence-corrected chi connectivity index (χ0v) is 19.6. The Balaban J connectivity index is 1.12. The highest BCUT2D eigenvalue weighted by atomic mass is 16.5. The molecule has 0 amide bonds. The number of benzene rings is 1. The molecule has 1 spiro atoms. The van der Waals surface area contributed by atoms with Gasteiger partial charge in [0, 0.05) is 43.1 Å². The maximum atomic E-state index is 6.09. The Labute approximate surface area is 206 Å². The van der Waals surface area contributed by atoms with Crippen LogP contribution < -0.4 is 15.0 Å². The number of pyridine rings is 1. The van der Waals surface area contributed by atoms with Crippen LogP contribution in [0.4, 0.5) is 17.5 Å². The molecule has 5 aromatic rings. The van der Waals surface area contributed by atoms with E-state index in [-0.39, 0.29) is 5.41 Å². The van der Waals surface area contributed by atoms with Crippen molar-refractivity contribution < 1.29 is 9.47 Å². The fraction of sp³-hybridized carbons (Fsp3) is 0.280. The fourth-order valence-corrected chi connectivity index (χ4v) is 4.86. The van der Waals surface area contributed by atoms with Gasteiger partial charge < -0.3 is 19.7 Å². The Kier molecular flexibility index (Phi) is 4.71. The first-order valence-electron chi connectivity index (χ1n) is 11.8. The Hall–Kier alpha value is -4.38. The van der Waals surface area contributed by atoms with Crippen LogP contribution in [-0.4, -0.2) is 60.8 Å². The third kappa shape index (κ3) is 3.64. The first kappa shape index (κ1) is 20.9. The van der Waals surface area contributed by atoms with E-state index in [4.69, 9.17) is 14.5 Å². The van der Waals surface area contributed by atoms with Crippen LogP contribution in [0.15, 0.2) is 55.4 Å². The van der Waals surface area contributed by atoms with Crippen molar-refractivity contribution in [2.75, 3.05) is 36.5 Å². The number of nitrogens with one attached hydrogen (secondary N) is 1. The Morgan fingerprint density at radius 1 is 1.06 bits per heavy atom. The molecule has 1 aromatic carbocycles. The van der Waals surface area contributed by atoms with E-state index in [0.29, 0.717) is 28.5 Å². The molecule has 11 nitrogen and oxygen atoms in total. The van der Waals surface area contributed by atoms with E-state index >= 15 is 0 Å².